The fourth-order valence-corrected chi connectivity index (χ4v) is 3.18. The van der Waals surface area contributed by atoms with Crippen molar-refractivity contribution in [3.05, 3.63) is 59.2 Å². The number of thioether (sulfide) groups is 1. The number of amides is 1. The lowest BCUT2D eigenvalue weighted by Crippen LogP contribution is -2.27. The summed E-state index contributed by atoms with van der Waals surface area (Å²) in [6, 6.07) is 9.64. The molecule has 2 aromatic rings. The first kappa shape index (κ1) is 20.0. The minimum atomic E-state index is -0.873. The number of carbonyl (C=O) groups is 1. The van der Waals surface area contributed by atoms with Crippen LogP contribution in [-0.4, -0.2) is 32.4 Å². The molecule has 7 heteroatoms. The van der Waals surface area contributed by atoms with Crippen molar-refractivity contribution < 1.29 is 23.0 Å². The van der Waals surface area contributed by atoms with E-state index in [4.69, 9.17) is 9.47 Å². The van der Waals surface area contributed by atoms with Gasteiger partial charge in [0.1, 0.15) is 0 Å². The van der Waals surface area contributed by atoms with E-state index in [9.17, 15) is 13.6 Å². The van der Waals surface area contributed by atoms with Crippen LogP contribution >= 0.6 is 11.8 Å². The van der Waals surface area contributed by atoms with E-state index in [0.29, 0.717) is 24.5 Å². The van der Waals surface area contributed by atoms with Crippen molar-refractivity contribution in [1.29, 1.82) is 0 Å². The topological polar surface area (TPSA) is 47.6 Å². The van der Waals surface area contributed by atoms with Gasteiger partial charge in [-0.2, -0.15) is 0 Å². The predicted molar refractivity (Wildman–Crippen MR) is 98.8 cm³/mol. The minimum Gasteiger partial charge on any atom is -0.493 e. The van der Waals surface area contributed by atoms with Crippen LogP contribution in [0.2, 0.25) is 0 Å². The van der Waals surface area contributed by atoms with Gasteiger partial charge in [0.25, 0.3) is 0 Å². The third-order valence-electron chi connectivity index (χ3n) is 3.71. The molecular formula is C19H21F2NO3S. The molecule has 26 heavy (non-hydrogen) atoms. The third kappa shape index (κ3) is 5.62. The lowest BCUT2D eigenvalue weighted by atomic mass is 10.1. The Morgan fingerprint density at radius 1 is 1.12 bits per heavy atom. The smallest absolute Gasteiger partial charge is 0.230 e. The summed E-state index contributed by atoms with van der Waals surface area (Å²) < 4.78 is 37.1. The Bertz CT molecular complexity index is 756. The van der Waals surface area contributed by atoms with Gasteiger partial charge in [-0.25, -0.2) is 8.78 Å². The summed E-state index contributed by atoms with van der Waals surface area (Å²) in [7, 11) is 3.15. The highest BCUT2D eigenvalue weighted by Gasteiger charge is 2.09. The zero-order valence-corrected chi connectivity index (χ0v) is 15.5. The van der Waals surface area contributed by atoms with Gasteiger partial charge >= 0.3 is 0 Å². The van der Waals surface area contributed by atoms with Crippen molar-refractivity contribution in [2.45, 2.75) is 12.2 Å². The van der Waals surface area contributed by atoms with Gasteiger partial charge in [-0.1, -0.05) is 18.2 Å². The van der Waals surface area contributed by atoms with Crippen molar-refractivity contribution in [3.8, 4) is 11.5 Å². The van der Waals surface area contributed by atoms with Gasteiger partial charge < -0.3 is 14.8 Å². The van der Waals surface area contributed by atoms with Crippen LogP contribution in [0.25, 0.3) is 0 Å². The Kier molecular flexibility index (Phi) is 7.72. The van der Waals surface area contributed by atoms with E-state index in [1.165, 1.54) is 23.9 Å². The molecule has 0 saturated heterocycles. The maximum atomic E-state index is 13.5. The van der Waals surface area contributed by atoms with Gasteiger partial charge in [-0.05, 0) is 30.2 Å². The highest BCUT2D eigenvalue weighted by atomic mass is 32.2. The van der Waals surface area contributed by atoms with Crippen LogP contribution in [0.1, 0.15) is 11.1 Å². The first-order valence-corrected chi connectivity index (χ1v) is 9.19. The molecule has 0 spiro atoms. The number of halogens is 2. The number of methoxy groups -OCH3 is 2. The molecule has 0 fully saturated rings. The Labute approximate surface area is 155 Å². The highest BCUT2D eigenvalue weighted by molar-refractivity contribution is 7.99. The third-order valence-corrected chi connectivity index (χ3v) is 4.69. The molecule has 0 radical (unpaired) electrons. The monoisotopic (exact) mass is 381 g/mol. The van der Waals surface area contributed by atoms with Crippen LogP contribution in [0, 0.1) is 11.6 Å². The molecule has 0 unspecified atom stereocenters. The molecule has 0 atom stereocenters. The number of benzene rings is 2. The Balaban J connectivity index is 1.73. The van der Waals surface area contributed by atoms with Crippen molar-refractivity contribution in [2.24, 2.45) is 0 Å². The van der Waals surface area contributed by atoms with Gasteiger partial charge in [-0.15, -0.1) is 11.8 Å². The second kappa shape index (κ2) is 10.0. The van der Waals surface area contributed by atoms with E-state index in [1.54, 1.807) is 14.2 Å². The van der Waals surface area contributed by atoms with Crippen LogP contribution in [0.4, 0.5) is 8.78 Å². The van der Waals surface area contributed by atoms with E-state index >= 15 is 0 Å². The zero-order valence-electron chi connectivity index (χ0n) is 14.7. The van der Waals surface area contributed by atoms with E-state index in [0.717, 1.165) is 11.6 Å². The molecule has 0 aliphatic heterocycles. The lowest BCUT2D eigenvalue weighted by Gasteiger charge is -2.10. The summed E-state index contributed by atoms with van der Waals surface area (Å²) in [5.41, 5.74) is 1.27. The Morgan fingerprint density at radius 2 is 1.88 bits per heavy atom. The summed E-state index contributed by atoms with van der Waals surface area (Å²) in [4.78, 5) is 11.9. The number of ether oxygens (including phenoxy) is 2. The van der Waals surface area contributed by atoms with Gasteiger partial charge in [0.2, 0.25) is 5.91 Å². The van der Waals surface area contributed by atoms with Crippen LogP contribution in [-0.2, 0) is 17.0 Å². The number of hydrogen-bond acceptors (Lipinski definition) is 4. The molecule has 0 heterocycles. The molecule has 0 aromatic heterocycles. The predicted octanol–water partition coefficient (Wildman–Crippen LogP) is 3.57. The fraction of sp³-hybridized carbons (Fsp3) is 0.316. The van der Waals surface area contributed by atoms with Gasteiger partial charge in [0.05, 0.1) is 20.0 Å². The Morgan fingerprint density at radius 3 is 2.62 bits per heavy atom. The minimum absolute atomic E-state index is 0.146. The standard InChI is InChI=1S/C19H21F2NO3S/c1-24-16-7-6-13(10-17(16)25-2)8-9-22-18(23)12-26-11-14-4-3-5-15(20)19(14)21/h3-7,10H,8-9,11-12H2,1-2H3,(H,22,23). The average molecular weight is 381 g/mol. The molecule has 2 aromatic carbocycles. The summed E-state index contributed by atoms with van der Waals surface area (Å²) >= 11 is 1.24. The number of nitrogens with one attached hydrogen (secondary N) is 1. The summed E-state index contributed by atoms with van der Waals surface area (Å²) in [6.07, 6.45) is 0.648. The summed E-state index contributed by atoms with van der Waals surface area (Å²) in [5.74, 6) is -0.150. The molecule has 0 aliphatic carbocycles. The molecule has 1 amide bonds. The van der Waals surface area contributed by atoms with E-state index in [2.05, 4.69) is 5.32 Å². The zero-order chi connectivity index (χ0) is 18.9. The van der Waals surface area contributed by atoms with E-state index in [-0.39, 0.29) is 23.0 Å². The number of carbonyl (C=O) groups excluding carboxylic acids is 1. The molecule has 1 N–H and O–H groups in total. The van der Waals surface area contributed by atoms with Crippen molar-refractivity contribution in [3.63, 3.8) is 0 Å². The number of rotatable bonds is 9. The quantitative estimate of drug-likeness (QED) is 0.721. The van der Waals surface area contributed by atoms with Gasteiger partial charge in [-0.3, -0.25) is 4.79 Å². The van der Waals surface area contributed by atoms with Crippen molar-refractivity contribution in [2.75, 3.05) is 26.5 Å². The van der Waals surface area contributed by atoms with Crippen LogP contribution in [0.5, 0.6) is 11.5 Å². The second-order valence-electron chi connectivity index (χ2n) is 5.50. The maximum Gasteiger partial charge on any atom is 0.230 e. The second-order valence-corrected chi connectivity index (χ2v) is 6.48. The largest absolute Gasteiger partial charge is 0.493 e. The Hall–Kier alpha value is -2.28. The van der Waals surface area contributed by atoms with Crippen molar-refractivity contribution in [1.82, 2.24) is 5.32 Å². The first-order chi connectivity index (χ1) is 12.5. The fourth-order valence-electron chi connectivity index (χ4n) is 2.35. The average Bonchev–Trinajstić information content (AvgIpc) is 2.65. The summed E-state index contributed by atoms with van der Waals surface area (Å²) in [5, 5.41) is 2.81. The normalized spacial score (nSPS) is 10.5. The van der Waals surface area contributed by atoms with Crippen molar-refractivity contribution >= 4 is 17.7 Å². The lowest BCUT2D eigenvalue weighted by molar-refractivity contribution is -0.118. The van der Waals surface area contributed by atoms with Gasteiger partial charge in [0, 0.05) is 17.9 Å². The number of hydrogen-bond donors (Lipinski definition) is 1. The molecular weight excluding hydrogens is 360 g/mol. The van der Waals surface area contributed by atoms with Crippen LogP contribution in [0.3, 0.4) is 0 Å². The van der Waals surface area contributed by atoms with Crippen LogP contribution in [0.15, 0.2) is 36.4 Å². The van der Waals surface area contributed by atoms with E-state index < -0.39 is 11.6 Å². The molecule has 0 bridgehead atoms. The first-order valence-electron chi connectivity index (χ1n) is 8.03. The van der Waals surface area contributed by atoms with Gasteiger partial charge in [0.15, 0.2) is 23.1 Å². The van der Waals surface area contributed by atoms with E-state index in [1.807, 2.05) is 18.2 Å². The SMILES string of the molecule is COc1ccc(CCNC(=O)CSCc2cccc(F)c2F)cc1OC. The molecule has 140 valence electrons. The molecule has 2 rings (SSSR count). The van der Waals surface area contributed by atoms with Crippen LogP contribution < -0.4 is 14.8 Å². The maximum absolute atomic E-state index is 13.5. The highest BCUT2D eigenvalue weighted by Crippen LogP contribution is 2.27. The molecule has 0 saturated carbocycles. The molecule has 0 aliphatic rings. The summed E-state index contributed by atoms with van der Waals surface area (Å²) in [6.45, 7) is 0.475. The molecule has 4 nitrogen and oxygen atoms in total.